The molecule has 0 aliphatic heterocycles. The summed E-state index contributed by atoms with van der Waals surface area (Å²) in [6.45, 7) is 0.650. The van der Waals surface area contributed by atoms with E-state index in [0.717, 1.165) is 15.2 Å². The van der Waals surface area contributed by atoms with E-state index in [1.807, 2.05) is 24.3 Å². The standard InChI is InChI=1S/C11H11IN2O2/c1-15-11-5-2-8(6-14-11)13-7-9-3-4-10(12)16-9/h2-6,13H,7H2,1H3. The zero-order valence-electron chi connectivity index (χ0n) is 8.74. The lowest BCUT2D eigenvalue weighted by molar-refractivity contribution is 0.398. The SMILES string of the molecule is COc1ccc(NCc2ccc(I)o2)cn1. The number of hydrogen-bond donors (Lipinski definition) is 1. The number of anilines is 1. The van der Waals surface area contributed by atoms with Gasteiger partial charge in [0, 0.05) is 6.07 Å². The van der Waals surface area contributed by atoms with Gasteiger partial charge in [-0.2, -0.15) is 0 Å². The van der Waals surface area contributed by atoms with Crippen LogP contribution in [-0.2, 0) is 6.54 Å². The van der Waals surface area contributed by atoms with Gasteiger partial charge in [-0.15, -0.1) is 0 Å². The highest BCUT2D eigenvalue weighted by molar-refractivity contribution is 14.1. The summed E-state index contributed by atoms with van der Waals surface area (Å²) in [5.74, 6) is 1.51. The van der Waals surface area contributed by atoms with E-state index >= 15 is 0 Å². The van der Waals surface area contributed by atoms with Crippen molar-refractivity contribution >= 4 is 28.3 Å². The summed E-state index contributed by atoms with van der Waals surface area (Å²) in [4.78, 5) is 4.10. The van der Waals surface area contributed by atoms with Crippen molar-refractivity contribution in [3.05, 3.63) is 40.0 Å². The first kappa shape index (κ1) is 11.3. The summed E-state index contributed by atoms with van der Waals surface area (Å²) in [6, 6.07) is 7.61. The van der Waals surface area contributed by atoms with Crippen molar-refractivity contribution in [2.75, 3.05) is 12.4 Å². The van der Waals surface area contributed by atoms with Crippen LogP contribution < -0.4 is 10.1 Å². The fourth-order valence-electron chi connectivity index (χ4n) is 1.24. The van der Waals surface area contributed by atoms with Crippen molar-refractivity contribution in [2.24, 2.45) is 0 Å². The average Bonchev–Trinajstić information content (AvgIpc) is 2.73. The van der Waals surface area contributed by atoms with E-state index in [2.05, 4.69) is 32.9 Å². The number of rotatable bonds is 4. The van der Waals surface area contributed by atoms with Gasteiger partial charge in [-0.25, -0.2) is 4.98 Å². The van der Waals surface area contributed by atoms with Gasteiger partial charge in [-0.05, 0) is 40.8 Å². The number of pyridine rings is 1. The Morgan fingerprint density at radius 3 is 2.81 bits per heavy atom. The molecule has 0 spiro atoms. The Morgan fingerprint density at radius 2 is 2.25 bits per heavy atom. The van der Waals surface area contributed by atoms with Gasteiger partial charge in [0.05, 0.1) is 25.5 Å². The van der Waals surface area contributed by atoms with Crippen molar-refractivity contribution in [1.82, 2.24) is 4.98 Å². The fourth-order valence-corrected chi connectivity index (χ4v) is 1.70. The van der Waals surface area contributed by atoms with Crippen LogP contribution in [0.15, 0.2) is 34.9 Å². The number of nitrogens with zero attached hydrogens (tertiary/aromatic N) is 1. The maximum Gasteiger partial charge on any atom is 0.213 e. The molecule has 16 heavy (non-hydrogen) atoms. The molecule has 2 aromatic heterocycles. The molecule has 0 bridgehead atoms. The maximum atomic E-state index is 5.43. The van der Waals surface area contributed by atoms with Crippen LogP contribution in [0.25, 0.3) is 0 Å². The van der Waals surface area contributed by atoms with Crippen LogP contribution in [0.3, 0.4) is 0 Å². The zero-order valence-corrected chi connectivity index (χ0v) is 10.9. The molecule has 5 heteroatoms. The molecule has 0 atom stereocenters. The third-order valence-corrected chi connectivity index (χ3v) is 2.62. The number of ether oxygens (including phenoxy) is 1. The molecule has 2 aromatic rings. The van der Waals surface area contributed by atoms with Crippen LogP contribution >= 0.6 is 22.6 Å². The predicted octanol–water partition coefficient (Wildman–Crippen LogP) is 2.90. The van der Waals surface area contributed by atoms with Gasteiger partial charge >= 0.3 is 0 Å². The third-order valence-electron chi connectivity index (χ3n) is 2.04. The molecule has 0 fully saturated rings. The summed E-state index contributed by atoms with van der Waals surface area (Å²) < 4.78 is 11.3. The highest BCUT2D eigenvalue weighted by atomic mass is 127. The van der Waals surface area contributed by atoms with Crippen molar-refractivity contribution in [1.29, 1.82) is 0 Å². The Morgan fingerprint density at radius 1 is 1.38 bits per heavy atom. The van der Waals surface area contributed by atoms with E-state index in [-0.39, 0.29) is 0 Å². The summed E-state index contributed by atoms with van der Waals surface area (Å²) in [5, 5.41) is 3.21. The average molecular weight is 330 g/mol. The molecule has 0 unspecified atom stereocenters. The second kappa shape index (κ2) is 5.20. The normalized spacial score (nSPS) is 10.1. The van der Waals surface area contributed by atoms with E-state index in [1.54, 1.807) is 13.3 Å². The Labute approximate surface area is 107 Å². The minimum Gasteiger partial charge on any atom is -0.481 e. The van der Waals surface area contributed by atoms with Crippen LogP contribution in [0.4, 0.5) is 5.69 Å². The second-order valence-corrected chi connectivity index (χ2v) is 4.21. The molecule has 0 aromatic carbocycles. The van der Waals surface area contributed by atoms with Crippen molar-refractivity contribution < 1.29 is 9.15 Å². The molecule has 0 radical (unpaired) electrons. The maximum absolute atomic E-state index is 5.43. The summed E-state index contributed by atoms with van der Waals surface area (Å²) in [5.41, 5.74) is 0.937. The first-order valence-electron chi connectivity index (χ1n) is 4.76. The van der Waals surface area contributed by atoms with Gasteiger partial charge < -0.3 is 14.5 Å². The summed E-state index contributed by atoms with van der Waals surface area (Å²) in [7, 11) is 1.60. The number of hydrogen-bond acceptors (Lipinski definition) is 4. The number of halogens is 1. The molecule has 0 saturated carbocycles. The van der Waals surface area contributed by atoms with Gasteiger partial charge in [0.25, 0.3) is 0 Å². The third kappa shape index (κ3) is 2.88. The molecule has 2 rings (SSSR count). The minimum absolute atomic E-state index is 0.609. The number of nitrogens with one attached hydrogen (secondary N) is 1. The van der Waals surface area contributed by atoms with Gasteiger partial charge in [-0.1, -0.05) is 0 Å². The van der Waals surface area contributed by atoms with Gasteiger partial charge in [0.1, 0.15) is 5.76 Å². The molecular formula is C11H11IN2O2. The number of methoxy groups -OCH3 is 1. The van der Waals surface area contributed by atoms with Gasteiger partial charge in [0.2, 0.25) is 5.88 Å². The Balaban J connectivity index is 1.94. The molecule has 1 N–H and O–H groups in total. The molecule has 0 saturated heterocycles. The lowest BCUT2D eigenvalue weighted by Gasteiger charge is -2.04. The van der Waals surface area contributed by atoms with E-state index < -0.39 is 0 Å². The Bertz CT molecular complexity index is 453. The monoisotopic (exact) mass is 330 g/mol. The molecule has 2 heterocycles. The quantitative estimate of drug-likeness (QED) is 0.876. The lowest BCUT2D eigenvalue weighted by Crippen LogP contribution is -1.98. The fraction of sp³-hybridized carbons (Fsp3) is 0.182. The highest BCUT2D eigenvalue weighted by Gasteiger charge is 1.99. The first-order valence-corrected chi connectivity index (χ1v) is 5.84. The second-order valence-electron chi connectivity index (χ2n) is 3.15. The van der Waals surface area contributed by atoms with Crippen LogP contribution in [0.1, 0.15) is 5.76 Å². The summed E-state index contributed by atoms with van der Waals surface area (Å²) >= 11 is 2.14. The van der Waals surface area contributed by atoms with E-state index in [9.17, 15) is 0 Å². The summed E-state index contributed by atoms with van der Waals surface area (Å²) in [6.07, 6.45) is 1.73. The minimum atomic E-state index is 0.609. The molecular weight excluding hydrogens is 319 g/mol. The van der Waals surface area contributed by atoms with Gasteiger partial charge in [-0.3, -0.25) is 0 Å². The van der Waals surface area contributed by atoms with Crippen LogP contribution in [-0.4, -0.2) is 12.1 Å². The van der Waals surface area contributed by atoms with E-state index in [0.29, 0.717) is 12.4 Å². The largest absolute Gasteiger partial charge is 0.481 e. The smallest absolute Gasteiger partial charge is 0.213 e. The molecule has 0 aliphatic carbocycles. The van der Waals surface area contributed by atoms with Gasteiger partial charge in [0.15, 0.2) is 3.77 Å². The Kier molecular flexibility index (Phi) is 3.66. The zero-order chi connectivity index (χ0) is 11.4. The van der Waals surface area contributed by atoms with E-state index in [4.69, 9.17) is 9.15 Å². The van der Waals surface area contributed by atoms with Crippen LogP contribution in [0.2, 0.25) is 0 Å². The van der Waals surface area contributed by atoms with Crippen molar-refractivity contribution in [2.45, 2.75) is 6.54 Å². The number of furan rings is 1. The highest BCUT2D eigenvalue weighted by Crippen LogP contribution is 2.14. The molecule has 0 aliphatic rings. The molecule has 0 amide bonds. The molecule has 84 valence electrons. The first-order chi connectivity index (χ1) is 7.78. The van der Waals surface area contributed by atoms with Crippen LogP contribution in [0.5, 0.6) is 5.88 Å². The molecule has 4 nitrogen and oxygen atoms in total. The van der Waals surface area contributed by atoms with E-state index in [1.165, 1.54) is 0 Å². The predicted molar refractivity (Wildman–Crippen MR) is 69.5 cm³/mol. The topological polar surface area (TPSA) is 47.3 Å². The lowest BCUT2D eigenvalue weighted by atomic mass is 10.4. The Hall–Kier alpha value is -1.24. The van der Waals surface area contributed by atoms with Crippen molar-refractivity contribution in [3.63, 3.8) is 0 Å². The van der Waals surface area contributed by atoms with Crippen LogP contribution in [0, 0.1) is 3.77 Å². The van der Waals surface area contributed by atoms with Crippen molar-refractivity contribution in [3.8, 4) is 5.88 Å². The number of aromatic nitrogens is 1.